The molecule has 9 heteroatoms. The fourth-order valence-corrected chi connectivity index (χ4v) is 9.84. The molecule has 0 spiro atoms. The molecule has 2 saturated heterocycles. The molecule has 0 aromatic heterocycles. The van der Waals surface area contributed by atoms with Crippen molar-refractivity contribution in [2.45, 2.75) is 50.5 Å². The average molecular weight is 777 g/mol. The van der Waals surface area contributed by atoms with Gasteiger partial charge in [0.05, 0.1) is 26.0 Å². The first kappa shape index (κ1) is 37.5. The first-order chi connectivity index (χ1) is 28.1. The molecular formula is C49H48N2O7. The van der Waals surface area contributed by atoms with Crippen LogP contribution in [0.4, 0.5) is 11.4 Å². The number of anilines is 2. The summed E-state index contributed by atoms with van der Waals surface area (Å²) in [5, 5.41) is 21.3. The van der Waals surface area contributed by atoms with Gasteiger partial charge in [0, 0.05) is 71.0 Å². The SMILES string of the molecule is COc1cc2c3c(c4c(c2cc1N1CCC(CCC(=O)O)C/C1=C/C(=O)O)-c1ccccc1C4(C)C)C=CC(c1ccccc1)(c1ccc(N2CCOCC2)cc1)O3. The molecule has 0 bridgehead atoms. The normalized spacial score (nSPS) is 21.3. The zero-order valence-electron chi connectivity index (χ0n) is 33.2. The zero-order valence-corrected chi connectivity index (χ0v) is 33.2. The van der Waals surface area contributed by atoms with Crippen LogP contribution in [0.3, 0.4) is 0 Å². The van der Waals surface area contributed by atoms with Crippen molar-refractivity contribution in [1.29, 1.82) is 0 Å². The smallest absolute Gasteiger partial charge is 0.330 e. The van der Waals surface area contributed by atoms with E-state index in [1.165, 1.54) is 17.2 Å². The van der Waals surface area contributed by atoms with E-state index in [1.54, 1.807) is 7.11 Å². The van der Waals surface area contributed by atoms with Crippen LogP contribution in [0.15, 0.2) is 109 Å². The Bertz CT molecular complexity index is 2480. The summed E-state index contributed by atoms with van der Waals surface area (Å²) < 4.78 is 19.4. The van der Waals surface area contributed by atoms with Crippen molar-refractivity contribution in [3.8, 4) is 22.6 Å². The largest absolute Gasteiger partial charge is 0.495 e. The lowest BCUT2D eigenvalue weighted by Gasteiger charge is -2.39. The molecule has 2 N–H and O–H groups in total. The first-order valence-corrected chi connectivity index (χ1v) is 20.2. The minimum Gasteiger partial charge on any atom is -0.495 e. The van der Waals surface area contributed by atoms with Crippen molar-refractivity contribution < 1.29 is 34.0 Å². The molecule has 58 heavy (non-hydrogen) atoms. The van der Waals surface area contributed by atoms with Gasteiger partial charge < -0.3 is 34.2 Å². The number of carbonyl (C=O) groups is 2. The number of hydrogen-bond donors (Lipinski definition) is 2. The maximum Gasteiger partial charge on any atom is 0.330 e. The summed E-state index contributed by atoms with van der Waals surface area (Å²) in [4.78, 5) is 28.1. The molecule has 5 aromatic rings. The van der Waals surface area contributed by atoms with E-state index in [-0.39, 0.29) is 17.8 Å². The second-order valence-corrected chi connectivity index (χ2v) is 16.3. The summed E-state index contributed by atoms with van der Waals surface area (Å²) in [6.07, 6.45) is 7.45. The van der Waals surface area contributed by atoms with Gasteiger partial charge in [0.25, 0.3) is 0 Å². The van der Waals surface area contributed by atoms with E-state index in [1.807, 2.05) is 11.0 Å². The van der Waals surface area contributed by atoms with Crippen LogP contribution in [0.25, 0.3) is 28.0 Å². The predicted octanol–water partition coefficient (Wildman–Crippen LogP) is 9.39. The molecule has 3 heterocycles. The van der Waals surface area contributed by atoms with E-state index in [9.17, 15) is 19.8 Å². The Hall–Kier alpha value is -6.06. The molecule has 0 amide bonds. The molecule has 2 unspecified atom stereocenters. The molecule has 296 valence electrons. The van der Waals surface area contributed by atoms with E-state index < -0.39 is 17.5 Å². The van der Waals surface area contributed by atoms with E-state index in [0.717, 1.165) is 75.2 Å². The molecule has 9 nitrogen and oxygen atoms in total. The Morgan fingerprint density at radius 3 is 2.34 bits per heavy atom. The van der Waals surface area contributed by atoms with Gasteiger partial charge in [-0.3, -0.25) is 4.79 Å². The molecule has 4 aliphatic rings. The van der Waals surface area contributed by atoms with Crippen molar-refractivity contribution in [2.24, 2.45) is 5.92 Å². The summed E-state index contributed by atoms with van der Waals surface area (Å²) in [5.74, 6) is -0.473. The Balaban J connectivity index is 1.25. The van der Waals surface area contributed by atoms with Crippen LogP contribution in [-0.2, 0) is 25.3 Å². The Kier molecular flexibility index (Phi) is 9.51. The first-order valence-electron chi connectivity index (χ1n) is 20.2. The molecule has 2 atom stereocenters. The average Bonchev–Trinajstić information content (AvgIpc) is 3.49. The number of carboxylic acid groups (broad SMARTS) is 2. The van der Waals surface area contributed by atoms with Gasteiger partial charge >= 0.3 is 11.9 Å². The van der Waals surface area contributed by atoms with Crippen molar-refractivity contribution in [1.82, 2.24) is 0 Å². The van der Waals surface area contributed by atoms with Crippen LogP contribution in [0.5, 0.6) is 11.5 Å². The minimum absolute atomic E-state index is 0.0493. The standard InChI is InChI=1S/C49H48N2O7/c1-48(2)40-12-8-7-11-36(40)45-38-29-41(51-22-20-31(13-18-43(52)53)27-35(51)28-44(54)55)42(56-3)30-39(38)47-37(46(45)48)19-21-49(58-47,32-9-5-4-6-10-32)33-14-16-34(17-15-33)50-23-25-57-26-24-50/h4-12,14-17,19,21,28-31H,13,18,20,22-27H2,1-3H3,(H,52,53)(H,54,55)/b35-28-. The van der Waals surface area contributed by atoms with Crippen molar-refractivity contribution in [3.05, 3.63) is 137 Å². The number of morpholine rings is 1. The summed E-state index contributed by atoms with van der Waals surface area (Å²) in [7, 11) is 1.65. The molecule has 9 rings (SSSR count). The lowest BCUT2D eigenvalue weighted by atomic mass is 9.76. The third-order valence-electron chi connectivity index (χ3n) is 12.7. The quantitative estimate of drug-likeness (QED) is 0.142. The molecule has 3 aliphatic heterocycles. The number of piperidine rings is 1. The summed E-state index contributed by atoms with van der Waals surface area (Å²) in [6, 6.07) is 31.9. The number of fused-ring (bicyclic) bond motifs is 8. The third-order valence-corrected chi connectivity index (χ3v) is 12.7. The number of aliphatic carboxylic acids is 2. The van der Waals surface area contributed by atoms with Crippen molar-refractivity contribution in [2.75, 3.05) is 49.8 Å². The fourth-order valence-electron chi connectivity index (χ4n) is 9.84. The Morgan fingerprint density at radius 2 is 1.62 bits per heavy atom. The number of carboxylic acids is 2. The second kappa shape index (κ2) is 14.7. The topological polar surface area (TPSA) is 109 Å². The number of allylic oxidation sites excluding steroid dienone is 1. The summed E-state index contributed by atoms with van der Waals surface area (Å²) in [6.45, 7) is 8.21. The highest BCUT2D eigenvalue weighted by Gasteiger charge is 2.44. The molecule has 2 fully saturated rings. The van der Waals surface area contributed by atoms with Crippen LogP contribution in [0.1, 0.15) is 67.3 Å². The van der Waals surface area contributed by atoms with Gasteiger partial charge in [-0.1, -0.05) is 86.7 Å². The van der Waals surface area contributed by atoms with Crippen molar-refractivity contribution >= 4 is 40.2 Å². The number of benzene rings is 5. The van der Waals surface area contributed by atoms with Gasteiger partial charge in [-0.05, 0) is 83.2 Å². The molecule has 5 aromatic carbocycles. The molecule has 0 saturated carbocycles. The predicted molar refractivity (Wildman–Crippen MR) is 227 cm³/mol. The van der Waals surface area contributed by atoms with Gasteiger partial charge in [-0.15, -0.1) is 0 Å². The second-order valence-electron chi connectivity index (χ2n) is 16.3. The van der Waals surface area contributed by atoms with Crippen LogP contribution >= 0.6 is 0 Å². The van der Waals surface area contributed by atoms with E-state index in [2.05, 4.69) is 116 Å². The van der Waals surface area contributed by atoms with Crippen LogP contribution in [-0.4, -0.2) is 62.1 Å². The van der Waals surface area contributed by atoms with Gasteiger partial charge in [0.15, 0.2) is 5.60 Å². The number of hydrogen-bond acceptors (Lipinski definition) is 7. The Labute approximate surface area is 338 Å². The number of rotatable bonds is 9. The molecule has 0 radical (unpaired) electrons. The summed E-state index contributed by atoms with van der Waals surface area (Å²) >= 11 is 0. The van der Waals surface area contributed by atoms with E-state index in [0.29, 0.717) is 44.0 Å². The monoisotopic (exact) mass is 776 g/mol. The van der Waals surface area contributed by atoms with E-state index >= 15 is 0 Å². The van der Waals surface area contributed by atoms with Gasteiger partial charge in [0.1, 0.15) is 11.5 Å². The van der Waals surface area contributed by atoms with Crippen molar-refractivity contribution in [3.63, 3.8) is 0 Å². The molecule has 1 aliphatic carbocycles. The van der Waals surface area contributed by atoms with Gasteiger partial charge in [-0.2, -0.15) is 0 Å². The minimum atomic E-state index is -1.04. The van der Waals surface area contributed by atoms with E-state index in [4.69, 9.17) is 14.2 Å². The number of ether oxygens (including phenoxy) is 3. The highest BCUT2D eigenvalue weighted by atomic mass is 16.5. The lowest BCUT2D eigenvalue weighted by molar-refractivity contribution is -0.137. The maximum atomic E-state index is 12.2. The highest BCUT2D eigenvalue weighted by Crippen LogP contribution is 2.59. The lowest BCUT2D eigenvalue weighted by Crippen LogP contribution is -2.37. The zero-order chi connectivity index (χ0) is 40.2. The third kappa shape index (κ3) is 6.29. The Morgan fingerprint density at radius 1 is 0.897 bits per heavy atom. The van der Waals surface area contributed by atoms with Crippen LogP contribution in [0, 0.1) is 5.92 Å². The fraction of sp³-hybridized carbons (Fsp3) is 0.306. The van der Waals surface area contributed by atoms with Crippen LogP contribution < -0.4 is 19.3 Å². The van der Waals surface area contributed by atoms with Crippen LogP contribution in [0.2, 0.25) is 0 Å². The number of methoxy groups -OCH3 is 1. The highest BCUT2D eigenvalue weighted by molar-refractivity contribution is 6.10. The summed E-state index contributed by atoms with van der Waals surface area (Å²) in [5.41, 5.74) is 8.98. The maximum absolute atomic E-state index is 12.2. The molecular weight excluding hydrogens is 729 g/mol. The number of nitrogens with zero attached hydrogens (tertiary/aromatic N) is 2. The van der Waals surface area contributed by atoms with Gasteiger partial charge in [-0.25, -0.2) is 4.79 Å². The van der Waals surface area contributed by atoms with Gasteiger partial charge in [0.2, 0.25) is 0 Å².